The van der Waals surface area contributed by atoms with Crippen LogP contribution < -0.4 is 9.47 Å². The molecule has 4 nitrogen and oxygen atoms in total. The van der Waals surface area contributed by atoms with Gasteiger partial charge in [-0.2, -0.15) is 0 Å². The molecule has 0 aromatic heterocycles. The van der Waals surface area contributed by atoms with Crippen molar-refractivity contribution < 1.29 is 35.1 Å². The molecule has 0 saturated carbocycles. The Bertz CT molecular complexity index is 1140. The van der Waals surface area contributed by atoms with E-state index in [9.17, 15) is 6.48 Å². The van der Waals surface area contributed by atoms with Crippen molar-refractivity contribution in [1.82, 2.24) is 4.90 Å². The molecule has 128 valence electrons. The number of methoxy groups -OCH3 is 2. The molecule has 23 heavy (non-hydrogen) atoms. The Morgan fingerprint density at radius 3 is 3.04 bits per heavy atom. The van der Waals surface area contributed by atoms with Gasteiger partial charge in [-0.25, -0.2) is 0 Å². The Morgan fingerprint density at radius 2 is 2.35 bits per heavy atom. The highest BCUT2D eigenvalue weighted by Crippen LogP contribution is 2.43. The minimum absolute atomic E-state index is 0.154. The van der Waals surface area contributed by atoms with Crippen LogP contribution in [0.3, 0.4) is 0 Å². The summed E-state index contributed by atoms with van der Waals surface area (Å²) in [4.78, 5) is -0.154. The fourth-order valence-corrected chi connectivity index (χ4v) is 2.45. The van der Waals surface area contributed by atoms with Gasteiger partial charge in [-0.3, -0.25) is 4.90 Å². The number of aliphatic hydroxyl groups is 1. The third kappa shape index (κ3) is 3.20. The largest absolute Gasteiger partial charge is 0.493 e. The lowest BCUT2D eigenvalue weighted by Crippen LogP contribution is -2.48. The monoisotopic (exact) mass is 334 g/mol. The number of ether oxygens (including phenoxy) is 2. The second kappa shape index (κ2) is 6.70. The van der Waals surface area contributed by atoms with Crippen LogP contribution in [0.15, 0.2) is 12.1 Å². The molecule has 1 aromatic rings. The summed E-state index contributed by atoms with van der Waals surface area (Å²) in [5.74, 6) is -5.24. The van der Waals surface area contributed by atoms with Gasteiger partial charge in [-0.05, 0) is 54.2 Å². The standard InChI is InChI=1S/C19H29NO3/c1-12(2)7-14-11-20-6-5-13-8-18(22-3)19(23-4)9-15(13)16(20)10-17(14)21/h8-9,12,14,16-17,21H,5-7,10-11H2,1-4H3/i4D3,5D2,6D2,8D,10D2,11D2,14D,16D,17D. The van der Waals surface area contributed by atoms with E-state index >= 15 is 0 Å². The predicted octanol–water partition coefficient (Wildman–Crippen LogP) is 3.03. The first-order valence-electron chi connectivity index (χ1n) is 14.7. The van der Waals surface area contributed by atoms with Gasteiger partial charge in [0.15, 0.2) is 11.5 Å². The molecule has 4 heteroatoms. The van der Waals surface area contributed by atoms with E-state index in [1.807, 2.05) is 0 Å². The maximum Gasteiger partial charge on any atom is 0.161 e. The number of piperidine rings is 1. The Hall–Kier alpha value is -1.26. The molecule has 0 amide bonds. The minimum atomic E-state index is -3.74. The average molecular weight is 335 g/mol. The number of nitrogens with zero attached hydrogens (tertiary/aromatic N) is 1. The molecule has 0 spiro atoms. The predicted molar refractivity (Wildman–Crippen MR) is 91.1 cm³/mol. The van der Waals surface area contributed by atoms with E-state index in [-0.39, 0.29) is 4.90 Å². The number of benzene rings is 1. The molecular formula is C19H29NO3. The average Bonchev–Trinajstić information content (AvgIpc) is 2.68. The third-order valence-electron chi connectivity index (χ3n) is 3.47. The summed E-state index contributed by atoms with van der Waals surface area (Å²) in [5, 5.41) is 11.3. The summed E-state index contributed by atoms with van der Waals surface area (Å²) >= 11 is 0. The number of rotatable bonds is 4. The van der Waals surface area contributed by atoms with E-state index in [1.54, 1.807) is 0 Å². The van der Waals surface area contributed by atoms with Crippen LogP contribution in [0.1, 0.15) is 64.3 Å². The topological polar surface area (TPSA) is 41.9 Å². The van der Waals surface area contributed by atoms with Gasteiger partial charge < -0.3 is 14.6 Å². The highest BCUT2D eigenvalue weighted by Gasteiger charge is 2.38. The molecule has 2 aliphatic rings. The summed E-state index contributed by atoms with van der Waals surface area (Å²) in [6.07, 6.45) is -11.5. The highest BCUT2D eigenvalue weighted by atomic mass is 16.5. The van der Waals surface area contributed by atoms with Crippen LogP contribution in [0.2, 0.25) is 0 Å². The number of hydrogen-bond donors (Lipinski definition) is 1. The third-order valence-corrected chi connectivity index (χ3v) is 3.47. The van der Waals surface area contributed by atoms with Crippen LogP contribution in [0.4, 0.5) is 0 Å². The zero-order chi connectivity index (χ0) is 29.9. The molecule has 0 bridgehead atoms. The minimum Gasteiger partial charge on any atom is -0.493 e. The van der Waals surface area contributed by atoms with Crippen molar-refractivity contribution in [2.75, 3.05) is 27.1 Å². The maximum atomic E-state index is 11.3. The lowest BCUT2D eigenvalue weighted by atomic mass is 9.79. The Labute approximate surface area is 160 Å². The molecule has 2 heterocycles. The molecule has 1 aromatic carbocycles. The summed E-state index contributed by atoms with van der Waals surface area (Å²) in [7, 11) is -2.18. The van der Waals surface area contributed by atoms with E-state index in [1.165, 1.54) is 13.8 Å². The van der Waals surface area contributed by atoms with Crippen molar-refractivity contribution in [2.24, 2.45) is 11.8 Å². The van der Waals surface area contributed by atoms with E-state index in [2.05, 4.69) is 0 Å². The SMILES string of the molecule is [2H]c1c(OC)c(OC([2H])([2H])[2H])cc2c1C([2H])([2H])C([2H])([2H])N1C([2H])([2H])C([2H])(CC(C)C)C([2H])(O)C([2H])([2H])C21[2H]. The van der Waals surface area contributed by atoms with Gasteiger partial charge in [-0.1, -0.05) is 13.8 Å². The van der Waals surface area contributed by atoms with E-state index in [0.29, 0.717) is 6.07 Å². The van der Waals surface area contributed by atoms with Crippen LogP contribution in [0.5, 0.6) is 11.5 Å². The summed E-state index contributed by atoms with van der Waals surface area (Å²) in [6.45, 7) is -4.22. The Kier molecular flexibility index (Phi) is 1.81. The Morgan fingerprint density at radius 1 is 1.52 bits per heavy atom. The van der Waals surface area contributed by atoms with Crippen LogP contribution in [0.25, 0.3) is 0 Å². The molecule has 3 rings (SSSR count). The van der Waals surface area contributed by atoms with Crippen LogP contribution in [-0.2, 0) is 6.37 Å². The molecule has 3 atom stereocenters. The van der Waals surface area contributed by atoms with Gasteiger partial charge in [0.25, 0.3) is 0 Å². The van der Waals surface area contributed by atoms with Gasteiger partial charge in [0.05, 0.1) is 28.5 Å². The van der Waals surface area contributed by atoms with Crippen molar-refractivity contribution in [1.29, 1.82) is 0 Å². The molecule has 3 unspecified atom stereocenters. The van der Waals surface area contributed by atoms with Crippen molar-refractivity contribution in [3.05, 3.63) is 23.2 Å². The van der Waals surface area contributed by atoms with Crippen LogP contribution in [0, 0.1) is 11.8 Å². The van der Waals surface area contributed by atoms with Crippen molar-refractivity contribution in [3.8, 4) is 11.5 Å². The zero-order valence-electron chi connectivity index (χ0n) is 28.1. The van der Waals surface area contributed by atoms with Crippen LogP contribution in [-0.4, -0.2) is 43.2 Å². The first kappa shape index (κ1) is 6.23. The Balaban J connectivity index is 2.61. The van der Waals surface area contributed by atoms with Gasteiger partial charge in [-0.15, -0.1) is 0 Å². The molecule has 0 aliphatic carbocycles. The second-order valence-corrected chi connectivity index (χ2v) is 5.64. The normalized spacial score (nSPS) is 56.0. The lowest BCUT2D eigenvalue weighted by Gasteiger charge is -2.46. The lowest BCUT2D eigenvalue weighted by molar-refractivity contribution is -0.0191. The van der Waals surface area contributed by atoms with Gasteiger partial charge in [0.1, 0.15) is 0 Å². The molecule has 0 radical (unpaired) electrons. The van der Waals surface area contributed by atoms with Gasteiger partial charge in [0, 0.05) is 31.3 Å². The van der Waals surface area contributed by atoms with E-state index in [0.717, 1.165) is 7.11 Å². The van der Waals surface area contributed by atoms with Crippen LogP contribution >= 0.6 is 0 Å². The molecular weight excluding hydrogens is 290 g/mol. The quantitative estimate of drug-likeness (QED) is 0.919. The van der Waals surface area contributed by atoms with E-state index in [4.69, 9.17) is 28.7 Å². The highest BCUT2D eigenvalue weighted by molar-refractivity contribution is 5.49. The molecule has 1 saturated heterocycles. The number of fused-ring (bicyclic) bond motifs is 3. The first-order chi connectivity index (χ1) is 16.7. The second-order valence-electron chi connectivity index (χ2n) is 5.64. The van der Waals surface area contributed by atoms with E-state index < -0.39 is 91.8 Å². The number of hydrogen-bond acceptors (Lipinski definition) is 4. The van der Waals surface area contributed by atoms with Gasteiger partial charge in [0.2, 0.25) is 0 Å². The summed E-state index contributed by atoms with van der Waals surface area (Å²) in [5.41, 5.74) is -1.95. The smallest absolute Gasteiger partial charge is 0.161 e. The summed E-state index contributed by atoms with van der Waals surface area (Å²) < 4.78 is 137. The molecule has 1 N–H and O–H groups in total. The summed E-state index contributed by atoms with van der Waals surface area (Å²) in [6, 6.07) is -3.90. The first-order valence-corrected chi connectivity index (χ1v) is 7.16. The van der Waals surface area contributed by atoms with Crippen molar-refractivity contribution in [3.63, 3.8) is 0 Å². The molecule has 2 aliphatic heterocycles. The maximum absolute atomic E-state index is 11.3. The molecule has 1 fully saturated rings. The van der Waals surface area contributed by atoms with Crippen molar-refractivity contribution in [2.45, 2.75) is 45.1 Å². The van der Waals surface area contributed by atoms with Gasteiger partial charge >= 0.3 is 0 Å². The van der Waals surface area contributed by atoms with Crippen molar-refractivity contribution >= 4 is 0 Å². The fourth-order valence-electron chi connectivity index (χ4n) is 2.45. The fraction of sp³-hybridized carbons (Fsp3) is 0.684. The zero-order valence-corrected chi connectivity index (χ0v) is 13.1.